The first kappa shape index (κ1) is 18.0. The van der Waals surface area contributed by atoms with E-state index < -0.39 is 20.8 Å². The van der Waals surface area contributed by atoms with Gasteiger partial charge in [0.1, 0.15) is 0 Å². The molecule has 0 aliphatic carbocycles. The minimum Gasteiger partial charge on any atom is -0.264 e. The van der Waals surface area contributed by atoms with Crippen LogP contribution in [0.25, 0.3) is 0 Å². The molecule has 0 saturated carbocycles. The van der Waals surface area contributed by atoms with Crippen molar-refractivity contribution in [3.8, 4) is 0 Å². The van der Waals surface area contributed by atoms with Gasteiger partial charge in [-0.15, -0.1) is 0 Å². The van der Waals surface area contributed by atoms with Crippen LogP contribution in [0, 0.1) is 0 Å². The van der Waals surface area contributed by atoms with E-state index in [-0.39, 0.29) is 0 Å². The minimum atomic E-state index is -4.67. The Labute approximate surface area is 92.3 Å². The fourth-order valence-electron chi connectivity index (χ4n) is 0.440. The molecule has 0 radical (unpaired) electrons. The molecule has 0 atom stereocenters. The normalized spacial score (nSPS) is 16.2. The first-order chi connectivity index (χ1) is 7.00. The van der Waals surface area contributed by atoms with Crippen LogP contribution in [0.15, 0.2) is 0 Å². The van der Waals surface area contributed by atoms with Crippen LogP contribution >= 0.6 is 0 Å². The summed E-state index contributed by atoms with van der Waals surface area (Å²) in [6.07, 6.45) is 2.31. The summed E-state index contributed by atoms with van der Waals surface area (Å²) in [4.78, 5) is 9.14. The maximum Gasteiger partial charge on any atom is 0.394 e. The summed E-state index contributed by atoms with van der Waals surface area (Å²) in [7, 11) is -9.33. The molecule has 1 aliphatic heterocycles. The lowest BCUT2D eigenvalue weighted by Gasteiger charge is -2.07. The predicted molar refractivity (Wildman–Crippen MR) is 49.5 cm³/mol. The Morgan fingerprint density at radius 1 is 0.688 bits per heavy atom. The molecule has 10 nitrogen and oxygen atoms in total. The van der Waals surface area contributed by atoms with Crippen LogP contribution in [0.3, 0.4) is 0 Å². The summed E-state index contributed by atoms with van der Waals surface area (Å²) >= 11 is 0. The molecule has 1 heterocycles. The Bertz CT molecular complexity index is 280. The zero-order valence-corrected chi connectivity index (χ0v) is 9.52. The summed E-state index contributed by atoms with van der Waals surface area (Å²) < 4.78 is 63.2. The van der Waals surface area contributed by atoms with Crippen LogP contribution in [-0.2, 0) is 30.6 Å². The molecule has 1 saturated heterocycles. The zero-order valence-electron chi connectivity index (χ0n) is 7.88. The number of hydrogen-bond donors (Lipinski definition) is 4. The molecule has 4 N–H and O–H groups in total. The Kier molecular flexibility index (Phi) is 9.89. The highest BCUT2D eigenvalue weighted by Gasteiger charge is 1.95. The average molecular weight is 284 g/mol. The molecule has 100 valence electrons. The smallest absolute Gasteiger partial charge is 0.264 e. The van der Waals surface area contributed by atoms with Crippen molar-refractivity contribution in [2.24, 2.45) is 0 Å². The Morgan fingerprint density at radius 2 is 0.875 bits per heavy atom. The lowest BCUT2D eigenvalue weighted by molar-refractivity contribution is -0.312. The van der Waals surface area contributed by atoms with Crippen molar-refractivity contribution in [3.05, 3.63) is 0 Å². The summed E-state index contributed by atoms with van der Waals surface area (Å²) in [6.45, 7) is 1.56. The van der Waals surface area contributed by atoms with Crippen LogP contribution < -0.4 is 0 Å². The summed E-state index contributed by atoms with van der Waals surface area (Å²) in [5.74, 6) is 0. The highest BCUT2D eigenvalue weighted by molar-refractivity contribution is 7.80. The lowest BCUT2D eigenvalue weighted by Crippen LogP contribution is -2.05. The van der Waals surface area contributed by atoms with Gasteiger partial charge in [-0.2, -0.15) is 16.8 Å². The fraction of sp³-hybridized carbons (Fsp3) is 1.00. The van der Waals surface area contributed by atoms with E-state index in [2.05, 4.69) is 9.78 Å². The van der Waals surface area contributed by atoms with Gasteiger partial charge in [0, 0.05) is 0 Å². The molecular formula is C4H12O10S2. The molecule has 16 heavy (non-hydrogen) atoms. The van der Waals surface area contributed by atoms with Crippen LogP contribution in [0.1, 0.15) is 12.8 Å². The Hall–Kier alpha value is -0.340. The Balaban J connectivity index is 0. The van der Waals surface area contributed by atoms with Gasteiger partial charge in [-0.1, -0.05) is 0 Å². The second kappa shape index (κ2) is 8.77. The lowest BCUT2D eigenvalue weighted by atomic mass is 10.3. The van der Waals surface area contributed by atoms with E-state index >= 15 is 0 Å². The van der Waals surface area contributed by atoms with Crippen LogP contribution in [0.2, 0.25) is 0 Å². The van der Waals surface area contributed by atoms with Crippen molar-refractivity contribution in [3.63, 3.8) is 0 Å². The molecule has 0 spiro atoms. The van der Waals surface area contributed by atoms with Crippen LogP contribution in [0.4, 0.5) is 0 Å². The molecule has 0 unspecified atom stereocenters. The van der Waals surface area contributed by atoms with E-state index in [1.807, 2.05) is 0 Å². The van der Waals surface area contributed by atoms with E-state index in [4.69, 9.17) is 35.0 Å². The zero-order chi connectivity index (χ0) is 13.2. The third kappa shape index (κ3) is 68.3. The number of hydrogen-bond acceptors (Lipinski definition) is 6. The summed E-state index contributed by atoms with van der Waals surface area (Å²) in [5, 5.41) is 0. The standard InChI is InChI=1S/C4H8O2.2H2O4S/c1-2-4-6-5-3-1;2*1-5(2,3)4/h1-4H2;2*(H2,1,2,3,4). The SMILES string of the molecule is C1CCOOC1.O=S(=O)(O)O.O=S(=O)(O)O. The minimum absolute atomic E-state index is 0.778. The molecule has 1 fully saturated rings. The highest BCUT2D eigenvalue weighted by atomic mass is 32.3. The fourth-order valence-corrected chi connectivity index (χ4v) is 0.440. The third-order valence-corrected chi connectivity index (χ3v) is 0.789. The second-order valence-electron chi connectivity index (χ2n) is 2.25. The molecule has 1 aliphatic rings. The Morgan fingerprint density at radius 3 is 0.938 bits per heavy atom. The van der Waals surface area contributed by atoms with Gasteiger partial charge in [-0.05, 0) is 12.8 Å². The quantitative estimate of drug-likeness (QED) is 0.333. The van der Waals surface area contributed by atoms with Crippen molar-refractivity contribution in [2.45, 2.75) is 12.8 Å². The van der Waals surface area contributed by atoms with Crippen molar-refractivity contribution >= 4 is 20.8 Å². The van der Waals surface area contributed by atoms with E-state index in [0.29, 0.717) is 0 Å². The van der Waals surface area contributed by atoms with E-state index in [1.54, 1.807) is 0 Å². The molecule has 1 rings (SSSR count). The highest BCUT2D eigenvalue weighted by Crippen LogP contribution is 1.97. The molecule has 0 aromatic heterocycles. The topological polar surface area (TPSA) is 168 Å². The van der Waals surface area contributed by atoms with Crippen LogP contribution in [-0.4, -0.2) is 48.3 Å². The van der Waals surface area contributed by atoms with Crippen LogP contribution in [0.5, 0.6) is 0 Å². The monoisotopic (exact) mass is 284 g/mol. The predicted octanol–water partition coefficient (Wildman–Crippen LogP) is -0.577. The summed E-state index contributed by atoms with van der Waals surface area (Å²) in [6, 6.07) is 0. The van der Waals surface area contributed by atoms with Gasteiger partial charge in [0.2, 0.25) is 0 Å². The second-order valence-corrected chi connectivity index (χ2v) is 4.04. The largest absolute Gasteiger partial charge is 0.394 e. The van der Waals surface area contributed by atoms with Crippen molar-refractivity contribution in [2.75, 3.05) is 13.2 Å². The maximum absolute atomic E-state index is 8.74. The molecular weight excluding hydrogens is 272 g/mol. The summed E-state index contributed by atoms with van der Waals surface area (Å²) in [5.41, 5.74) is 0. The van der Waals surface area contributed by atoms with Gasteiger partial charge in [0.25, 0.3) is 0 Å². The van der Waals surface area contributed by atoms with Crippen molar-refractivity contribution < 1.29 is 44.8 Å². The van der Waals surface area contributed by atoms with Gasteiger partial charge in [0.05, 0.1) is 13.2 Å². The van der Waals surface area contributed by atoms with Gasteiger partial charge in [-0.3, -0.25) is 18.2 Å². The van der Waals surface area contributed by atoms with Gasteiger partial charge >= 0.3 is 20.8 Å². The third-order valence-electron chi connectivity index (χ3n) is 0.789. The number of rotatable bonds is 0. The van der Waals surface area contributed by atoms with Gasteiger partial charge < -0.3 is 0 Å². The van der Waals surface area contributed by atoms with Gasteiger partial charge in [0.15, 0.2) is 0 Å². The van der Waals surface area contributed by atoms with E-state index in [1.165, 1.54) is 0 Å². The van der Waals surface area contributed by atoms with E-state index in [0.717, 1.165) is 26.1 Å². The average Bonchev–Trinajstić information content (AvgIpc) is 2.01. The van der Waals surface area contributed by atoms with Crippen molar-refractivity contribution in [1.29, 1.82) is 0 Å². The first-order valence-corrected chi connectivity index (χ1v) is 6.43. The van der Waals surface area contributed by atoms with Crippen molar-refractivity contribution in [1.82, 2.24) is 0 Å². The molecule has 0 aromatic rings. The molecule has 0 amide bonds. The molecule has 0 bridgehead atoms. The maximum atomic E-state index is 8.74. The molecule has 12 heteroatoms. The first-order valence-electron chi connectivity index (χ1n) is 3.64. The van der Waals surface area contributed by atoms with E-state index in [9.17, 15) is 0 Å². The van der Waals surface area contributed by atoms with Gasteiger partial charge in [-0.25, -0.2) is 9.78 Å². The molecule has 0 aromatic carbocycles.